The lowest BCUT2D eigenvalue weighted by atomic mass is 9.56. The third-order valence-electron chi connectivity index (χ3n) is 6.14. The SMILES string of the molecule is Cn1c(N)c(C(=O)CSC23CC4CC(CC(C4)C2)C3)c(=O)[nH]c1=O. The molecule has 4 aliphatic rings. The second-order valence-corrected chi connectivity index (χ2v) is 9.33. The molecule has 0 spiro atoms. The van der Waals surface area contributed by atoms with Gasteiger partial charge in [-0.15, -0.1) is 11.8 Å². The topological polar surface area (TPSA) is 97.9 Å². The van der Waals surface area contributed by atoms with Gasteiger partial charge in [0.05, 0.1) is 5.75 Å². The first-order chi connectivity index (χ1) is 11.4. The Hall–Kier alpha value is -1.50. The molecule has 0 atom stereocenters. The Balaban J connectivity index is 1.53. The Bertz CT molecular complexity index is 775. The molecule has 4 aliphatic carbocycles. The summed E-state index contributed by atoms with van der Waals surface area (Å²) >= 11 is 1.72. The highest BCUT2D eigenvalue weighted by molar-refractivity contribution is 8.01. The number of nitrogens with two attached hydrogens (primary N) is 1. The monoisotopic (exact) mass is 349 g/mol. The van der Waals surface area contributed by atoms with Crippen LogP contribution in [0.1, 0.15) is 48.9 Å². The van der Waals surface area contributed by atoms with Crippen molar-refractivity contribution >= 4 is 23.4 Å². The minimum Gasteiger partial charge on any atom is -0.384 e. The molecule has 1 heterocycles. The fraction of sp³-hybridized carbons (Fsp3) is 0.706. The first-order valence-electron chi connectivity index (χ1n) is 8.63. The summed E-state index contributed by atoms with van der Waals surface area (Å²) in [5.74, 6) is 2.42. The summed E-state index contributed by atoms with van der Waals surface area (Å²) in [4.78, 5) is 38.3. The molecule has 24 heavy (non-hydrogen) atoms. The van der Waals surface area contributed by atoms with Gasteiger partial charge in [-0.05, 0) is 56.3 Å². The molecule has 7 heteroatoms. The smallest absolute Gasteiger partial charge is 0.329 e. The van der Waals surface area contributed by atoms with Crippen LogP contribution in [0.4, 0.5) is 5.82 Å². The minimum absolute atomic E-state index is 0.0418. The van der Waals surface area contributed by atoms with Crippen LogP contribution >= 0.6 is 11.8 Å². The molecule has 3 N–H and O–H groups in total. The fourth-order valence-electron chi connectivity index (χ4n) is 5.41. The van der Waals surface area contributed by atoms with Crippen LogP contribution in [-0.4, -0.2) is 25.8 Å². The van der Waals surface area contributed by atoms with E-state index >= 15 is 0 Å². The number of Topliss-reactive ketones (excluding diaryl/α,β-unsaturated/α-hetero) is 1. The maximum atomic E-state index is 12.6. The lowest BCUT2D eigenvalue weighted by molar-refractivity contribution is 0.0383. The Morgan fingerprint density at radius 2 is 1.75 bits per heavy atom. The van der Waals surface area contributed by atoms with E-state index in [1.807, 2.05) is 0 Å². The summed E-state index contributed by atoms with van der Waals surface area (Å²) in [6.07, 6.45) is 7.70. The van der Waals surface area contributed by atoms with E-state index in [9.17, 15) is 14.4 Å². The second kappa shape index (κ2) is 5.51. The minimum atomic E-state index is -0.674. The highest BCUT2D eigenvalue weighted by Crippen LogP contribution is 2.60. The lowest BCUT2D eigenvalue weighted by Crippen LogP contribution is -2.49. The van der Waals surface area contributed by atoms with Crippen LogP contribution in [0.5, 0.6) is 0 Å². The highest BCUT2D eigenvalue weighted by atomic mass is 32.2. The molecule has 1 aromatic rings. The van der Waals surface area contributed by atoms with E-state index in [1.54, 1.807) is 11.8 Å². The molecular weight excluding hydrogens is 326 g/mol. The average molecular weight is 349 g/mol. The van der Waals surface area contributed by atoms with E-state index in [1.165, 1.54) is 45.6 Å². The van der Waals surface area contributed by atoms with E-state index in [4.69, 9.17) is 5.73 Å². The van der Waals surface area contributed by atoms with Crippen molar-refractivity contribution in [3.8, 4) is 0 Å². The molecule has 5 rings (SSSR count). The number of thioether (sulfide) groups is 1. The quantitative estimate of drug-likeness (QED) is 0.804. The van der Waals surface area contributed by atoms with Crippen molar-refractivity contribution in [3.63, 3.8) is 0 Å². The normalized spacial score (nSPS) is 33.8. The van der Waals surface area contributed by atoms with Crippen molar-refractivity contribution in [2.45, 2.75) is 43.3 Å². The Labute approximate surface area is 144 Å². The molecule has 0 aromatic carbocycles. The summed E-state index contributed by atoms with van der Waals surface area (Å²) in [5.41, 5.74) is 4.49. The summed E-state index contributed by atoms with van der Waals surface area (Å²) in [6, 6.07) is 0. The summed E-state index contributed by atoms with van der Waals surface area (Å²) in [5, 5.41) is 0. The van der Waals surface area contributed by atoms with Crippen molar-refractivity contribution < 1.29 is 4.79 Å². The van der Waals surface area contributed by atoms with Gasteiger partial charge in [-0.1, -0.05) is 0 Å². The first kappa shape index (κ1) is 16.0. The number of carbonyl (C=O) groups excluding carboxylic acids is 1. The van der Waals surface area contributed by atoms with E-state index in [0.717, 1.165) is 22.3 Å². The van der Waals surface area contributed by atoms with Gasteiger partial charge < -0.3 is 5.73 Å². The Kier molecular flexibility index (Phi) is 3.67. The molecular formula is C17H23N3O3S. The fourth-order valence-corrected chi connectivity index (χ4v) is 7.05. The predicted molar refractivity (Wildman–Crippen MR) is 94.4 cm³/mol. The van der Waals surface area contributed by atoms with Crippen LogP contribution in [0.2, 0.25) is 0 Å². The first-order valence-corrected chi connectivity index (χ1v) is 9.61. The number of carbonyl (C=O) groups is 1. The van der Waals surface area contributed by atoms with Crippen molar-refractivity contribution in [2.24, 2.45) is 24.8 Å². The van der Waals surface area contributed by atoms with Crippen molar-refractivity contribution in [3.05, 3.63) is 26.4 Å². The van der Waals surface area contributed by atoms with E-state index in [-0.39, 0.29) is 27.7 Å². The van der Waals surface area contributed by atoms with Gasteiger partial charge >= 0.3 is 5.69 Å². The number of nitrogens with zero attached hydrogens (tertiary/aromatic N) is 1. The average Bonchev–Trinajstić information content (AvgIpc) is 2.49. The van der Waals surface area contributed by atoms with Crippen LogP contribution < -0.4 is 17.0 Å². The zero-order chi connectivity index (χ0) is 17.1. The van der Waals surface area contributed by atoms with Gasteiger partial charge in [0, 0.05) is 11.8 Å². The van der Waals surface area contributed by atoms with Gasteiger partial charge in [0.15, 0.2) is 5.78 Å². The van der Waals surface area contributed by atoms with E-state index < -0.39 is 11.2 Å². The molecule has 6 nitrogen and oxygen atoms in total. The van der Waals surface area contributed by atoms with Gasteiger partial charge in [-0.25, -0.2) is 4.79 Å². The largest absolute Gasteiger partial charge is 0.384 e. The summed E-state index contributed by atoms with van der Waals surface area (Å²) in [7, 11) is 1.45. The van der Waals surface area contributed by atoms with Crippen LogP contribution in [0, 0.1) is 17.8 Å². The second-order valence-electron chi connectivity index (χ2n) is 7.89. The van der Waals surface area contributed by atoms with Gasteiger partial charge in [-0.2, -0.15) is 0 Å². The third-order valence-corrected chi connectivity index (χ3v) is 7.66. The zero-order valence-corrected chi connectivity index (χ0v) is 14.7. The predicted octanol–water partition coefficient (Wildman–Crippen LogP) is 1.54. The van der Waals surface area contributed by atoms with E-state index in [0.29, 0.717) is 0 Å². The molecule has 0 aliphatic heterocycles. The van der Waals surface area contributed by atoms with E-state index in [2.05, 4.69) is 4.98 Å². The molecule has 130 valence electrons. The number of hydrogen-bond acceptors (Lipinski definition) is 5. The van der Waals surface area contributed by atoms with Crippen molar-refractivity contribution in [2.75, 3.05) is 11.5 Å². The standard InChI is InChI=1S/C17H23N3O3S/c1-20-14(18)13(15(22)19-16(20)23)12(21)8-24-17-5-9-2-10(6-17)4-11(3-9)7-17/h9-11H,2-8,18H2,1H3,(H,19,22,23). The zero-order valence-electron chi connectivity index (χ0n) is 13.8. The Morgan fingerprint density at radius 1 is 1.21 bits per heavy atom. The number of aromatic nitrogens is 2. The van der Waals surface area contributed by atoms with Gasteiger partial charge in [0.25, 0.3) is 5.56 Å². The van der Waals surface area contributed by atoms with Crippen LogP contribution in [-0.2, 0) is 7.05 Å². The number of ketones is 1. The molecule has 1 aromatic heterocycles. The molecule has 0 saturated heterocycles. The van der Waals surface area contributed by atoms with Crippen molar-refractivity contribution in [1.82, 2.24) is 9.55 Å². The van der Waals surface area contributed by atoms with Crippen molar-refractivity contribution in [1.29, 1.82) is 0 Å². The van der Waals surface area contributed by atoms with Crippen LogP contribution in [0.25, 0.3) is 0 Å². The number of H-pyrrole nitrogens is 1. The number of rotatable bonds is 4. The number of hydrogen-bond donors (Lipinski definition) is 2. The van der Waals surface area contributed by atoms with Crippen LogP contribution in [0.3, 0.4) is 0 Å². The lowest BCUT2D eigenvalue weighted by Gasteiger charge is -2.56. The number of nitrogen functional groups attached to an aromatic ring is 1. The van der Waals surface area contributed by atoms with Gasteiger partial charge in [-0.3, -0.25) is 19.1 Å². The van der Waals surface area contributed by atoms with Crippen LogP contribution in [0.15, 0.2) is 9.59 Å². The molecule has 4 fully saturated rings. The summed E-state index contributed by atoms with van der Waals surface area (Å²) in [6.45, 7) is 0. The number of aromatic amines is 1. The molecule has 0 radical (unpaired) electrons. The third kappa shape index (κ3) is 2.53. The molecule has 0 amide bonds. The number of nitrogens with one attached hydrogen (secondary N) is 1. The molecule has 0 unspecified atom stereocenters. The van der Waals surface area contributed by atoms with Gasteiger partial charge in [0.1, 0.15) is 11.4 Å². The molecule has 4 saturated carbocycles. The highest BCUT2D eigenvalue weighted by Gasteiger charge is 2.51. The Morgan fingerprint density at radius 3 is 2.29 bits per heavy atom. The number of anilines is 1. The van der Waals surface area contributed by atoms with Gasteiger partial charge in [0.2, 0.25) is 0 Å². The summed E-state index contributed by atoms with van der Waals surface area (Å²) < 4.78 is 1.33. The maximum Gasteiger partial charge on any atom is 0.329 e. The maximum absolute atomic E-state index is 12.6. The molecule has 4 bridgehead atoms.